The molecule has 3 aliphatic carbocycles. The molecule has 2 fully saturated rings. The number of Topliss-reactive ketones (excluding diaryl/α,β-unsaturated/α-hetero) is 1. The molecular weight excluding hydrogens is 482 g/mol. The number of nitrogens with one attached hydrogen (secondary N) is 1. The van der Waals surface area contributed by atoms with Crippen LogP contribution < -0.4 is 14.8 Å². The Hall–Kier alpha value is -2.34. The summed E-state index contributed by atoms with van der Waals surface area (Å²) in [5.74, 6) is 3.66. The Kier molecular flexibility index (Phi) is 5.44. The number of amides is 1. The van der Waals surface area contributed by atoms with E-state index in [0.29, 0.717) is 42.5 Å². The van der Waals surface area contributed by atoms with Gasteiger partial charge in [-0.2, -0.15) is 0 Å². The van der Waals surface area contributed by atoms with Gasteiger partial charge in [0.05, 0.1) is 0 Å². The first kappa shape index (κ1) is 21.2. The van der Waals surface area contributed by atoms with Gasteiger partial charge in [-0.1, -0.05) is 28.1 Å². The zero-order valence-corrected chi connectivity index (χ0v) is 20.1. The summed E-state index contributed by atoms with van der Waals surface area (Å²) in [6.07, 6.45) is 5.94. The molecule has 6 rings (SSSR count). The van der Waals surface area contributed by atoms with Crippen LogP contribution in [0.3, 0.4) is 0 Å². The summed E-state index contributed by atoms with van der Waals surface area (Å²) in [6, 6.07) is 11.6. The summed E-state index contributed by atoms with van der Waals surface area (Å²) in [7, 11) is 0. The molecule has 0 spiro atoms. The predicted octanol–water partition coefficient (Wildman–Crippen LogP) is 5.66. The Balaban J connectivity index is 1.06. The second-order valence-electron chi connectivity index (χ2n) is 9.90. The minimum Gasteiger partial charge on any atom is -0.486 e. The second-order valence-corrected chi connectivity index (χ2v) is 10.7. The number of ether oxygens (including phenoxy) is 2. The maximum atomic E-state index is 13.3. The monoisotopic (exact) mass is 509 g/mol. The maximum Gasteiger partial charge on any atom is 0.227 e. The third-order valence-electron chi connectivity index (χ3n) is 8.14. The van der Waals surface area contributed by atoms with Gasteiger partial charge in [-0.25, -0.2) is 0 Å². The molecule has 0 bridgehead atoms. The summed E-state index contributed by atoms with van der Waals surface area (Å²) < 4.78 is 12.2. The van der Waals surface area contributed by atoms with Crippen LogP contribution in [0, 0.1) is 29.6 Å². The zero-order chi connectivity index (χ0) is 22.5. The molecule has 0 saturated heterocycles. The molecule has 1 N–H and O–H groups in total. The van der Waals surface area contributed by atoms with E-state index in [2.05, 4.69) is 21.2 Å². The van der Waals surface area contributed by atoms with Gasteiger partial charge in [0.25, 0.3) is 0 Å². The first-order chi connectivity index (χ1) is 16.1. The summed E-state index contributed by atoms with van der Waals surface area (Å²) in [5.41, 5.74) is 2.87. The number of hydrogen-bond acceptors (Lipinski definition) is 4. The number of carbonyl (C=O) groups excluding carboxylic acids is 2. The molecular formula is C27H28BrNO4. The summed E-state index contributed by atoms with van der Waals surface area (Å²) in [4.78, 5) is 26.2. The quantitative estimate of drug-likeness (QED) is 0.579. The molecule has 2 saturated carbocycles. The fourth-order valence-corrected chi connectivity index (χ4v) is 7.01. The molecule has 0 radical (unpaired) electrons. The van der Waals surface area contributed by atoms with Crippen molar-refractivity contribution in [3.63, 3.8) is 0 Å². The van der Waals surface area contributed by atoms with Crippen LogP contribution in [0.2, 0.25) is 0 Å². The number of ketones is 1. The van der Waals surface area contributed by atoms with Crippen molar-refractivity contribution < 1.29 is 19.1 Å². The van der Waals surface area contributed by atoms with Gasteiger partial charge in [0.2, 0.25) is 5.91 Å². The average molecular weight is 510 g/mol. The lowest BCUT2D eigenvalue weighted by atomic mass is 9.77. The Labute approximate surface area is 202 Å². The van der Waals surface area contributed by atoms with Crippen LogP contribution in [0.4, 0.5) is 5.69 Å². The number of carbonyl (C=O) groups is 2. The summed E-state index contributed by atoms with van der Waals surface area (Å²) in [5, 5.41) is 3.07. The lowest BCUT2D eigenvalue weighted by Crippen LogP contribution is -2.28. The van der Waals surface area contributed by atoms with Crippen LogP contribution in [-0.2, 0) is 11.2 Å². The van der Waals surface area contributed by atoms with Crippen molar-refractivity contribution in [3.05, 3.63) is 52.0 Å². The molecule has 3 unspecified atom stereocenters. The van der Waals surface area contributed by atoms with E-state index in [9.17, 15) is 9.59 Å². The SMILES string of the molecule is O=C(Nc1ccc2c(c1)OCCO2)C1CCC(C2C3CCc4c(Br)cccc4C(=O)C32)CC1. The zero-order valence-electron chi connectivity index (χ0n) is 18.5. The highest BCUT2D eigenvalue weighted by atomic mass is 79.9. The van der Waals surface area contributed by atoms with Crippen LogP contribution in [0.15, 0.2) is 40.9 Å². The molecule has 5 nitrogen and oxygen atoms in total. The Morgan fingerprint density at radius 1 is 0.970 bits per heavy atom. The molecule has 33 heavy (non-hydrogen) atoms. The van der Waals surface area contributed by atoms with E-state index in [-0.39, 0.29) is 17.7 Å². The molecule has 1 heterocycles. The smallest absolute Gasteiger partial charge is 0.227 e. The van der Waals surface area contributed by atoms with E-state index in [1.54, 1.807) is 0 Å². The first-order valence-electron chi connectivity index (χ1n) is 12.1. The lowest BCUT2D eigenvalue weighted by Gasteiger charge is -2.29. The Morgan fingerprint density at radius 3 is 2.58 bits per heavy atom. The fraction of sp³-hybridized carbons (Fsp3) is 0.481. The summed E-state index contributed by atoms with van der Waals surface area (Å²) in [6.45, 7) is 1.09. The lowest BCUT2D eigenvalue weighted by molar-refractivity contribution is -0.121. The molecule has 2 aromatic carbocycles. The molecule has 1 aliphatic heterocycles. The van der Waals surface area contributed by atoms with E-state index in [4.69, 9.17) is 9.47 Å². The standard InChI is InChI=1S/C27H28BrNO4/c28-21-3-1-2-19-18(21)9-10-20-24(25(20)26(19)30)15-4-6-16(7-5-15)27(31)29-17-8-11-22-23(14-17)33-13-12-32-22/h1-3,8,11,14-16,20,24-25H,4-7,9-10,12-13H2,(H,29,31). The minimum atomic E-state index is 0.0328. The van der Waals surface area contributed by atoms with Crippen LogP contribution in [0.5, 0.6) is 11.5 Å². The van der Waals surface area contributed by atoms with Crippen molar-refractivity contribution in [2.75, 3.05) is 18.5 Å². The van der Waals surface area contributed by atoms with E-state index in [1.807, 2.05) is 36.4 Å². The fourth-order valence-electron chi connectivity index (χ4n) is 6.45. The molecule has 172 valence electrons. The van der Waals surface area contributed by atoms with Crippen molar-refractivity contribution in [3.8, 4) is 11.5 Å². The van der Waals surface area contributed by atoms with Gasteiger partial charge in [-0.3, -0.25) is 9.59 Å². The highest BCUT2D eigenvalue weighted by Crippen LogP contribution is 2.59. The van der Waals surface area contributed by atoms with Crippen LogP contribution >= 0.6 is 15.9 Å². The number of halogens is 1. The molecule has 1 amide bonds. The third-order valence-corrected chi connectivity index (χ3v) is 8.88. The van der Waals surface area contributed by atoms with Crippen molar-refractivity contribution in [1.29, 1.82) is 0 Å². The summed E-state index contributed by atoms with van der Waals surface area (Å²) >= 11 is 3.63. The number of rotatable bonds is 3. The predicted molar refractivity (Wildman–Crippen MR) is 129 cm³/mol. The number of benzene rings is 2. The first-order valence-corrected chi connectivity index (χ1v) is 12.9. The second kappa shape index (κ2) is 8.46. The van der Waals surface area contributed by atoms with E-state index < -0.39 is 0 Å². The van der Waals surface area contributed by atoms with E-state index in [1.165, 1.54) is 5.56 Å². The average Bonchev–Trinajstić information content (AvgIpc) is 3.58. The van der Waals surface area contributed by atoms with Gasteiger partial charge < -0.3 is 14.8 Å². The molecule has 3 atom stereocenters. The molecule has 4 aliphatic rings. The number of hydrogen-bond donors (Lipinski definition) is 1. The van der Waals surface area contributed by atoms with Gasteiger partial charge in [-0.15, -0.1) is 0 Å². The van der Waals surface area contributed by atoms with Crippen molar-refractivity contribution in [1.82, 2.24) is 0 Å². The van der Waals surface area contributed by atoms with Gasteiger partial charge in [-0.05, 0) is 80.0 Å². The highest BCUT2D eigenvalue weighted by Gasteiger charge is 2.58. The normalized spacial score (nSPS) is 30.0. The van der Waals surface area contributed by atoms with E-state index >= 15 is 0 Å². The van der Waals surface area contributed by atoms with Gasteiger partial charge in [0.1, 0.15) is 13.2 Å². The molecule has 0 aromatic heterocycles. The van der Waals surface area contributed by atoms with Gasteiger partial charge >= 0.3 is 0 Å². The van der Waals surface area contributed by atoms with Gasteiger partial charge in [0.15, 0.2) is 17.3 Å². The largest absolute Gasteiger partial charge is 0.486 e. The van der Waals surface area contributed by atoms with Gasteiger partial charge in [0, 0.05) is 33.6 Å². The van der Waals surface area contributed by atoms with Crippen molar-refractivity contribution >= 4 is 33.3 Å². The van der Waals surface area contributed by atoms with E-state index in [0.717, 1.165) is 60.0 Å². The van der Waals surface area contributed by atoms with Crippen LogP contribution in [-0.4, -0.2) is 24.9 Å². The topological polar surface area (TPSA) is 64.6 Å². The maximum absolute atomic E-state index is 13.3. The van der Waals surface area contributed by atoms with Crippen LogP contribution in [0.25, 0.3) is 0 Å². The number of fused-ring (bicyclic) bond motifs is 3. The molecule has 2 aromatic rings. The van der Waals surface area contributed by atoms with Crippen molar-refractivity contribution in [2.24, 2.45) is 29.6 Å². The highest BCUT2D eigenvalue weighted by molar-refractivity contribution is 9.10. The minimum absolute atomic E-state index is 0.0328. The third kappa shape index (κ3) is 3.86. The van der Waals surface area contributed by atoms with Crippen molar-refractivity contribution in [2.45, 2.75) is 38.5 Å². The Morgan fingerprint density at radius 2 is 1.76 bits per heavy atom. The molecule has 6 heteroatoms. The van der Waals surface area contributed by atoms with Crippen LogP contribution in [0.1, 0.15) is 48.0 Å². The Bertz CT molecular complexity index is 1110. The number of anilines is 1.